The molecule has 3 N–H and O–H groups in total. The highest BCUT2D eigenvalue weighted by Gasteiger charge is 2.22. The lowest BCUT2D eigenvalue weighted by molar-refractivity contribution is 0.121. The summed E-state index contributed by atoms with van der Waals surface area (Å²) in [4.78, 5) is 0. The Morgan fingerprint density at radius 2 is 2.38 bits per heavy atom. The first-order valence-corrected chi connectivity index (χ1v) is 2.87. The maximum Gasteiger partial charge on any atom is 0.0727 e. The van der Waals surface area contributed by atoms with Crippen molar-refractivity contribution < 1.29 is 10.2 Å². The van der Waals surface area contributed by atoms with Gasteiger partial charge in [0.05, 0.1) is 18.8 Å². The van der Waals surface area contributed by atoms with Gasteiger partial charge in [0.2, 0.25) is 0 Å². The van der Waals surface area contributed by atoms with Crippen LogP contribution in [-0.2, 0) is 0 Å². The molecule has 0 radical (unpaired) electrons. The van der Waals surface area contributed by atoms with E-state index in [2.05, 4.69) is 5.32 Å². The Hall–Kier alpha value is -0.120. The van der Waals surface area contributed by atoms with Crippen molar-refractivity contribution in [3.63, 3.8) is 0 Å². The van der Waals surface area contributed by atoms with Gasteiger partial charge in [-0.15, -0.1) is 0 Å². The summed E-state index contributed by atoms with van der Waals surface area (Å²) >= 11 is 0. The van der Waals surface area contributed by atoms with Crippen molar-refractivity contribution >= 4 is 0 Å². The molecule has 1 rings (SSSR count). The van der Waals surface area contributed by atoms with Gasteiger partial charge in [-0.1, -0.05) is 0 Å². The van der Waals surface area contributed by atoms with Crippen LogP contribution in [0.15, 0.2) is 0 Å². The van der Waals surface area contributed by atoms with Gasteiger partial charge in [0, 0.05) is 0 Å². The molecule has 0 spiro atoms. The van der Waals surface area contributed by atoms with Crippen molar-refractivity contribution in [3.8, 4) is 0 Å². The van der Waals surface area contributed by atoms with Crippen LogP contribution in [0.4, 0.5) is 0 Å². The second-order valence-corrected chi connectivity index (χ2v) is 2.10. The zero-order valence-electron chi connectivity index (χ0n) is 4.67. The molecule has 0 bridgehead atoms. The third kappa shape index (κ3) is 0.992. The first-order chi connectivity index (χ1) is 3.84. The monoisotopic (exact) mass is 117 g/mol. The van der Waals surface area contributed by atoms with Gasteiger partial charge in [0.15, 0.2) is 0 Å². The summed E-state index contributed by atoms with van der Waals surface area (Å²) in [5.74, 6) is 0. The van der Waals surface area contributed by atoms with Crippen LogP contribution in [0.25, 0.3) is 0 Å². The van der Waals surface area contributed by atoms with Crippen molar-refractivity contribution in [1.29, 1.82) is 0 Å². The molecule has 1 aliphatic rings. The fraction of sp³-hybridized carbons (Fsp3) is 1.00. The Bertz CT molecular complexity index is 76.8. The average molecular weight is 117 g/mol. The lowest BCUT2D eigenvalue weighted by Crippen LogP contribution is -2.33. The Morgan fingerprint density at radius 1 is 1.62 bits per heavy atom. The van der Waals surface area contributed by atoms with Crippen LogP contribution in [-0.4, -0.2) is 35.5 Å². The molecule has 48 valence electrons. The predicted molar refractivity (Wildman–Crippen MR) is 29.5 cm³/mol. The van der Waals surface area contributed by atoms with E-state index < -0.39 is 0 Å². The SMILES string of the molecule is OCC1NCC[C@H]1O. The highest BCUT2D eigenvalue weighted by Crippen LogP contribution is 2.04. The van der Waals surface area contributed by atoms with E-state index in [0.29, 0.717) is 0 Å². The third-order valence-corrected chi connectivity index (χ3v) is 1.51. The lowest BCUT2D eigenvalue weighted by Gasteiger charge is -2.09. The van der Waals surface area contributed by atoms with E-state index in [0.717, 1.165) is 13.0 Å². The van der Waals surface area contributed by atoms with E-state index in [1.54, 1.807) is 0 Å². The molecule has 1 aliphatic heterocycles. The van der Waals surface area contributed by atoms with Crippen LogP contribution < -0.4 is 5.32 Å². The highest BCUT2D eigenvalue weighted by molar-refractivity contribution is 4.81. The fourth-order valence-electron chi connectivity index (χ4n) is 0.940. The number of aliphatic hydroxyl groups is 2. The summed E-state index contributed by atoms with van der Waals surface area (Å²) in [7, 11) is 0. The van der Waals surface area contributed by atoms with E-state index in [1.807, 2.05) is 0 Å². The predicted octanol–water partition coefficient (Wildman–Crippen LogP) is -1.30. The van der Waals surface area contributed by atoms with E-state index in [9.17, 15) is 0 Å². The fourth-order valence-corrected chi connectivity index (χ4v) is 0.940. The molecule has 1 fully saturated rings. The smallest absolute Gasteiger partial charge is 0.0727 e. The maximum atomic E-state index is 8.97. The first kappa shape index (κ1) is 6.01. The summed E-state index contributed by atoms with van der Waals surface area (Å²) < 4.78 is 0. The number of hydrogen-bond donors (Lipinski definition) is 3. The Morgan fingerprint density at radius 3 is 2.62 bits per heavy atom. The van der Waals surface area contributed by atoms with Crippen LogP contribution in [0.5, 0.6) is 0 Å². The number of nitrogens with one attached hydrogen (secondary N) is 1. The quantitative estimate of drug-likeness (QED) is 0.400. The van der Waals surface area contributed by atoms with Crippen molar-refractivity contribution in [2.75, 3.05) is 13.2 Å². The molecular weight excluding hydrogens is 106 g/mol. The Labute approximate surface area is 48.3 Å². The van der Waals surface area contributed by atoms with Crippen LogP contribution >= 0.6 is 0 Å². The summed E-state index contributed by atoms with van der Waals surface area (Å²) in [6, 6.07) is -0.0741. The molecule has 3 nitrogen and oxygen atoms in total. The zero-order valence-corrected chi connectivity index (χ0v) is 4.67. The molecule has 1 unspecified atom stereocenters. The standard InChI is InChI=1S/C5H11NO2/c7-3-4-5(8)1-2-6-4/h4-8H,1-3H2/t4?,5-/m1/s1. The van der Waals surface area contributed by atoms with E-state index in [1.165, 1.54) is 0 Å². The van der Waals surface area contributed by atoms with Crippen molar-refractivity contribution in [1.82, 2.24) is 5.32 Å². The van der Waals surface area contributed by atoms with Crippen molar-refractivity contribution in [2.24, 2.45) is 0 Å². The second-order valence-electron chi connectivity index (χ2n) is 2.10. The molecule has 0 aliphatic carbocycles. The number of aliphatic hydroxyl groups excluding tert-OH is 2. The van der Waals surface area contributed by atoms with Crippen molar-refractivity contribution in [3.05, 3.63) is 0 Å². The second kappa shape index (κ2) is 2.44. The molecule has 0 aromatic heterocycles. The molecule has 2 atom stereocenters. The van der Waals surface area contributed by atoms with Crippen LogP contribution in [0, 0.1) is 0 Å². The topological polar surface area (TPSA) is 52.5 Å². The van der Waals surface area contributed by atoms with Gasteiger partial charge in [-0.3, -0.25) is 0 Å². The van der Waals surface area contributed by atoms with E-state index in [4.69, 9.17) is 10.2 Å². The zero-order chi connectivity index (χ0) is 5.98. The van der Waals surface area contributed by atoms with Crippen LogP contribution in [0.3, 0.4) is 0 Å². The van der Waals surface area contributed by atoms with E-state index >= 15 is 0 Å². The highest BCUT2D eigenvalue weighted by atomic mass is 16.3. The van der Waals surface area contributed by atoms with Crippen molar-refractivity contribution in [2.45, 2.75) is 18.6 Å². The van der Waals surface area contributed by atoms with Crippen LogP contribution in [0.2, 0.25) is 0 Å². The largest absolute Gasteiger partial charge is 0.395 e. The number of rotatable bonds is 1. The maximum absolute atomic E-state index is 8.97. The van der Waals surface area contributed by atoms with Gasteiger partial charge in [-0.2, -0.15) is 0 Å². The van der Waals surface area contributed by atoms with Gasteiger partial charge in [-0.05, 0) is 13.0 Å². The lowest BCUT2D eigenvalue weighted by atomic mass is 10.2. The molecule has 0 aromatic carbocycles. The van der Waals surface area contributed by atoms with Gasteiger partial charge in [-0.25, -0.2) is 0 Å². The van der Waals surface area contributed by atoms with Crippen LogP contribution in [0.1, 0.15) is 6.42 Å². The molecular formula is C5H11NO2. The molecule has 8 heavy (non-hydrogen) atoms. The van der Waals surface area contributed by atoms with Gasteiger partial charge < -0.3 is 15.5 Å². The summed E-state index contributed by atoms with van der Waals surface area (Å²) in [6.45, 7) is 0.869. The minimum absolute atomic E-state index is 0.0428. The minimum Gasteiger partial charge on any atom is -0.395 e. The molecule has 1 heterocycles. The van der Waals surface area contributed by atoms with E-state index in [-0.39, 0.29) is 18.8 Å². The van der Waals surface area contributed by atoms with Gasteiger partial charge in [0.1, 0.15) is 0 Å². The summed E-state index contributed by atoms with van der Waals surface area (Å²) in [5.41, 5.74) is 0. The molecule has 3 heteroatoms. The van der Waals surface area contributed by atoms with Gasteiger partial charge in [0.25, 0.3) is 0 Å². The molecule has 0 aromatic rings. The third-order valence-electron chi connectivity index (χ3n) is 1.51. The summed E-state index contributed by atoms with van der Waals surface area (Å²) in [5, 5.41) is 20.4. The Kier molecular flexibility index (Phi) is 1.83. The first-order valence-electron chi connectivity index (χ1n) is 2.87. The molecule has 1 saturated heterocycles. The normalized spacial score (nSPS) is 38.2. The molecule has 0 saturated carbocycles. The molecule has 0 amide bonds. The summed E-state index contributed by atoms with van der Waals surface area (Å²) in [6.07, 6.45) is 0.436. The number of hydrogen-bond acceptors (Lipinski definition) is 3. The van der Waals surface area contributed by atoms with Gasteiger partial charge >= 0.3 is 0 Å². The average Bonchev–Trinajstić information content (AvgIpc) is 2.14. The Balaban J connectivity index is 2.30. The minimum atomic E-state index is -0.333.